The molecule has 2 rings (SSSR count). The molecule has 1 atom stereocenters. The van der Waals surface area contributed by atoms with Crippen molar-refractivity contribution in [3.63, 3.8) is 0 Å². The molecule has 0 bridgehead atoms. The Hall–Kier alpha value is -2.80. The molecular weight excluding hydrogens is 288 g/mol. The largest absolute Gasteiger partial charge is 0.493 e. The third kappa shape index (κ3) is 4.86. The zero-order valence-electron chi connectivity index (χ0n) is 13.4. The van der Waals surface area contributed by atoms with E-state index in [9.17, 15) is 4.79 Å². The fourth-order valence-corrected chi connectivity index (χ4v) is 2.22. The van der Waals surface area contributed by atoms with E-state index in [2.05, 4.69) is 11.4 Å². The van der Waals surface area contributed by atoms with Crippen LogP contribution in [0.25, 0.3) is 0 Å². The highest BCUT2D eigenvalue weighted by Crippen LogP contribution is 2.16. The minimum absolute atomic E-state index is 0.0598. The molecule has 118 valence electrons. The first-order valence-corrected chi connectivity index (χ1v) is 7.58. The lowest BCUT2D eigenvalue weighted by molar-refractivity contribution is -0.122. The molecule has 4 nitrogen and oxygen atoms in total. The van der Waals surface area contributed by atoms with Gasteiger partial charge < -0.3 is 10.1 Å². The van der Waals surface area contributed by atoms with E-state index < -0.39 is 0 Å². The van der Waals surface area contributed by atoms with Gasteiger partial charge in [-0.15, -0.1) is 0 Å². The molecule has 1 amide bonds. The highest BCUT2D eigenvalue weighted by Gasteiger charge is 2.10. The summed E-state index contributed by atoms with van der Waals surface area (Å²) in [5.74, 6) is 0.746. The molecule has 0 fully saturated rings. The van der Waals surface area contributed by atoms with E-state index in [-0.39, 0.29) is 11.9 Å². The van der Waals surface area contributed by atoms with Gasteiger partial charge in [-0.2, -0.15) is 5.26 Å². The number of nitriles is 1. The maximum absolute atomic E-state index is 12.0. The van der Waals surface area contributed by atoms with Crippen LogP contribution >= 0.6 is 0 Å². The van der Waals surface area contributed by atoms with Gasteiger partial charge in [0.15, 0.2) is 0 Å². The highest BCUT2D eigenvalue weighted by atomic mass is 16.5. The molecule has 0 aliphatic carbocycles. The van der Waals surface area contributed by atoms with Crippen LogP contribution in [0.3, 0.4) is 0 Å². The lowest BCUT2D eigenvalue weighted by atomic mass is 10.1. The summed E-state index contributed by atoms with van der Waals surface area (Å²) in [6.07, 6.45) is 0.301. The third-order valence-electron chi connectivity index (χ3n) is 3.60. The Morgan fingerprint density at radius 2 is 1.91 bits per heavy atom. The van der Waals surface area contributed by atoms with Crippen molar-refractivity contribution < 1.29 is 9.53 Å². The zero-order chi connectivity index (χ0) is 16.7. The molecule has 4 heteroatoms. The van der Waals surface area contributed by atoms with E-state index in [1.54, 1.807) is 12.1 Å². The molecule has 0 aromatic heterocycles. The van der Waals surface area contributed by atoms with Gasteiger partial charge in [-0.1, -0.05) is 30.3 Å². The fourth-order valence-electron chi connectivity index (χ4n) is 2.22. The number of nitrogens with one attached hydrogen (secondary N) is 1. The Morgan fingerprint density at radius 1 is 1.22 bits per heavy atom. The minimum atomic E-state index is -0.103. The molecule has 0 saturated carbocycles. The second-order valence-electron chi connectivity index (χ2n) is 5.39. The zero-order valence-corrected chi connectivity index (χ0v) is 13.4. The predicted molar refractivity (Wildman–Crippen MR) is 89.0 cm³/mol. The standard InChI is InChI=1S/C19H20N2O2/c1-14-5-3-4-6-18(14)23-12-11-19(22)21-15(2)17-9-7-16(13-20)8-10-17/h3-10,15H,11-12H2,1-2H3,(H,21,22). The Kier molecular flexibility index (Phi) is 5.76. The Balaban J connectivity index is 1.80. The summed E-state index contributed by atoms with van der Waals surface area (Å²) in [7, 11) is 0. The summed E-state index contributed by atoms with van der Waals surface area (Å²) < 4.78 is 5.63. The van der Waals surface area contributed by atoms with Crippen molar-refractivity contribution in [1.82, 2.24) is 5.32 Å². The van der Waals surface area contributed by atoms with E-state index in [0.717, 1.165) is 16.9 Å². The van der Waals surface area contributed by atoms with Crippen molar-refractivity contribution in [1.29, 1.82) is 5.26 Å². The molecule has 23 heavy (non-hydrogen) atoms. The van der Waals surface area contributed by atoms with Gasteiger partial charge >= 0.3 is 0 Å². The van der Waals surface area contributed by atoms with Crippen molar-refractivity contribution in [3.8, 4) is 11.8 Å². The summed E-state index contributed by atoms with van der Waals surface area (Å²) in [5, 5.41) is 11.7. The summed E-state index contributed by atoms with van der Waals surface area (Å²) in [5.41, 5.74) is 2.63. The Labute approximate surface area is 136 Å². The van der Waals surface area contributed by atoms with Crippen LogP contribution in [0, 0.1) is 18.3 Å². The average molecular weight is 308 g/mol. The summed E-state index contributed by atoms with van der Waals surface area (Å²) >= 11 is 0. The van der Waals surface area contributed by atoms with Gasteiger partial charge in [0.2, 0.25) is 5.91 Å². The number of amides is 1. The Morgan fingerprint density at radius 3 is 2.57 bits per heavy atom. The molecule has 2 aromatic carbocycles. The number of hydrogen-bond acceptors (Lipinski definition) is 3. The number of carbonyl (C=O) groups is 1. The number of benzene rings is 2. The highest BCUT2D eigenvalue weighted by molar-refractivity contribution is 5.76. The van der Waals surface area contributed by atoms with E-state index in [1.807, 2.05) is 50.2 Å². The minimum Gasteiger partial charge on any atom is -0.493 e. The van der Waals surface area contributed by atoms with Gasteiger partial charge in [-0.25, -0.2) is 0 Å². The number of rotatable bonds is 6. The van der Waals surface area contributed by atoms with Crippen LogP contribution in [0.1, 0.15) is 36.1 Å². The maximum Gasteiger partial charge on any atom is 0.223 e. The third-order valence-corrected chi connectivity index (χ3v) is 3.60. The second-order valence-corrected chi connectivity index (χ2v) is 5.39. The molecular formula is C19H20N2O2. The number of ether oxygens (including phenoxy) is 1. The van der Waals surface area contributed by atoms with Gasteiger partial charge in [0.25, 0.3) is 0 Å². The van der Waals surface area contributed by atoms with Crippen molar-refractivity contribution in [2.45, 2.75) is 26.3 Å². The van der Waals surface area contributed by atoms with E-state index in [1.165, 1.54) is 0 Å². The molecule has 0 saturated heterocycles. The van der Waals surface area contributed by atoms with Gasteiger partial charge in [0, 0.05) is 0 Å². The molecule has 0 spiro atoms. The fraction of sp³-hybridized carbons (Fsp3) is 0.263. The van der Waals surface area contributed by atoms with Crippen LogP contribution < -0.4 is 10.1 Å². The van der Waals surface area contributed by atoms with Crippen LogP contribution in [0.2, 0.25) is 0 Å². The number of para-hydroxylation sites is 1. The average Bonchev–Trinajstić information content (AvgIpc) is 2.56. The number of carbonyl (C=O) groups excluding carboxylic acids is 1. The smallest absolute Gasteiger partial charge is 0.223 e. The molecule has 2 aromatic rings. The lowest BCUT2D eigenvalue weighted by Crippen LogP contribution is -2.27. The molecule has 1 unspecified atom stereocenters. The van der Waals surface area contributed by atoms with Gasteiger partial charge in [-0.3, -0.25) is 4.79 Å². The number of aryl methyl sites for hydroxylation is 1. The van der Waals surface area contributed by atoms with Crippen molar-refractivity contribution >= 4 is 5.91 Å². The quantitative estimate of drug-likeness (QED) is 0.888. The van der Waals surface area contributed by atoms with Crippen LogP contribution in [-0.2, 0) is 4.79 Å². The lowest BCUT2D eigenvalue weighted by Gasteiger charge is -2.15. The summed E-state index contributed by atoms with van der Waals surface area (Å²) in [4.78, 5) is 12.0. The van der Waals surface area contributed by atoms with E-state index >= 15 is 0 Å². The number of hydrogen-bond donors (Lipinski definition) is 1. The van der Waals surface area contributed by atoms with E-state index in [0.29, 0.717) is 18.6 Å². The van der Waals surface area contributed by atoms with Gasteiger partial charge in [0.1, 0.15) is 5.75 Å². The maximum atomic E-state index is 12.0. The molecule has 0 radical (unpaired) electrons. The van der Waals surface area contributed by atoms with Crippen molar-refractivity contribution in [3.05, 3.63) is 65.2 Å². The Bertz CT molecular complexity index is 702. The summed E-state index contributed by atoms with van der Waals surface area (Å²) in [6, 6.07) is 16.9. The van der Waals surface area contributed by atoms with Crippen molar-refractivity contribution in [2.24, 2.45) is 0 Å². The predicted octanol–water partition coefficient (Wildman–Crippen LogP) is 3.51. The normalized spacial score (nSPS) is 11.3. The molecule has 0 aliphatic heterocycles. The monoisotopic (exact) mass is 308 g/mol. The number of nitrogens with zero attached hydrogens (tertiary/aromatic N) is 1. The molecule has 1 N–H and O–H groups in total. The topological polar surface area (TPSA) is 62.1 Å². The van der Waals surface area contributed by atoms with Gasteiger partial charge in [-0.05, 0) is 43.2 Å². The first-order chi connectivity index (χ1) is 11.1. The van der Waals surface area contributed by atoms with E-state index in [4.69, 9.17) is 10.00 Å². The van der Waals surface area contributed by atoms with Crippen LogP contribution in [-0.4, -0.2) is 12.5 Å². The van der Waals surface area contributed by atoms with Crippen LogP contribution in [0.4, 0.5) is 0 Å². The first kappa shape index (κ1) is 16.6. The van der Waals surface area contributed by atoms with Crippen molar-refractivity contribution in [2.75, 3.05) is 6.61 Å². The molecule has 0 heterocycles. The molecule has 0 aliphatic rings. The van der Waals surface area contributed by atoms with Crippen LogP contribution in [0.15, 0.2) is 48.5 Å². The van der Waals surface area contributed by atoms with Gasteiger partial charge in [0.05, 0.1) is 30.7 Å². The SMILES string of the molecule is Cc1ccccc1OCCC(=O)NC(C)c1ccc(C#N)cc1. The summed E-state index contributed by atoms with van der Waals surface area (Å²) in [6.45, 7) is 4.24. The van der Waals surface area contributed by atoms with Crippen LogP contribution in [0.5, 0.6) is 5.75 Å². The first-order valence-electron chi connectivity index (χ1n) is 7.58. The second kappa shape index (κ2) is 8.00.